The molecule has 8 nitrogen and oxygen atoms in total. The molecular formula is C20H19BrN4O4S. The Balaban J connectivity index is 1.88. The summed E-state index contributed by atoms with van der Waals surface area (Å²) in [5.74, 6) is -0.172. The Morgan fingerprint density at radius 3 is 2.73 bits per heavy atom. The first kappa shape index (κ1) is 20.6. The van der Waals surface area contributed by atoms with Crippen molar-refractivity contribution in [2.75, 3.05) is 16.6 Å². The summed E-state index contributed by atoms with van der Waals surface area (Å²) < 4.78 is 30.1. The number of hydrogen-bond acceptors (Lipinski definition) is 6. The fourth-order valence-corrected chi connectivity index (χ4v) is 5.82. The first-order valence-corrected chi connectivity index (χ1v) is 11.3. The average molecular weight is 491 g/mol. The third kappa shape index (κ3) is 3.30. The van der Waals surface area contributed by atoms with E-state index in [1.807, 2.05) is 6.07 Å². The van der Waals surface area contributed by atoms with Gasteiger partial charge in [0.15, 0.2) is 5.82 Å². The minimum atomic E-state index is -3.81. The molecule has 4 rings (SSSR count). The third-order valence-corrected chi connectivity index (χ3v) is 7.53. The van der Waals surface area contributed by atoms with Crippen LogP contribution in [0.15, 0.2) is 56.8 Å². The Labute approximate surface area is 181 Å². The number of sulfonamides is 1. The van der Waals surface area contributed by atoms with Gasteiger partial charge in [-0.1, -0.05) is 28.1 Å². The average Bonchev–Trinajstić information content (AvgIpc) is 2.70. The van der Waals surface area contributed by atoms with Crippen molar-refractivity contribution >= 4 is 37.5 Å². The number of anilines is 2. The van der Waals surface area contributed by atoms with Crippen LogP contribution in [-0.2, 0) is 30.1 Å². The molecule has 0 spiro atoms. The standard InChI is InChI=1S/C20H19BrN4O4S/c1-24-10-16(23-19(22)20(24)27)14-3-2-4-17(15(14)11-26)25-8-7-12-9-13(21)5-6-18(12)30(25,28)29/h2-6,9-10,26H,7-8,11H2,1H3,(H2,22,23). The molecule has 30 heavy (non-hydrogen) atoms. The summed E-state index contributed by atoms with van der Waals surface area (Å²) in [6, 6.07) is 10.1. The van der Waals surface area contributed by atoms with Crippen molar-refractivity contribution in [2.24, 2.45) is 7.05 Å². The highest BCUT2D eigenvalue weighted by molar-refractivity contribution is 9.10. The van der Waals surface area contributed by atoms with E-state index in [2.05, 4.69) is 20.9 Å². The maximum absolute atomic E-state index is 13.3. The van der Waals surface area contributed by atoms with Gasteiger partial charge >= 0.3 is 0 Å². The van der Waals surface area contributed by atoms with Crippen molar-refractivity contribution in [1.29, 1.82) is 0 Å². The molecule has 3 N–H and O–H groups in total. The van der Waals surface area contributed by atoms with E-state index >= 15 is 0 Å². The number of aliphatic hydroxyl groups excluding tert-OH is 1. The molecule has 0 aliphatic carbocycles. The lowest BCUT2D eigenvalue weighted by molar-refractivity contribution is 0.282. The van der Waals surface area contributed by atoms with E-state index in [0.717, 1.165) is 10.0 Å². The number of aryl methyl sites for hydroxylation is 1. The van der Waals surface area contributed by atoms with E-state index in [-0.39, 0.29) is 17.3 Å². The quantitative estimate of drug-likeness (QED) is 0.579. The number of benzene rings is 2. The van der Waals surface area contributed by atoms with Gasteiger partial charge in [-0.3, -0.25) is 9.10 Å². The summed E-state index contributed by atoms with van der Waals surface area (Å²) in [6.45, 7) is -0.166. The molecule has 0 fully saturated rings. The van der Waals surface area contributed by atoms with Crippen LogP contribution in [0.4, 0.5) is 11.5 Å². The summed E-state index contributed by atoms with van der Waals surface area (Å²) in [5.41, 5.74) is 7.69. The number of fused-ring (bicyclic) bond motifs is 1. The summed E-state index contributed by atoms with van der Waals surface area (Å²) in [6.07, 6.45) is 2.04. The Morgan fingerprint density at radius 2 is 2.03 bits per heavy atom. The second-order valence-electron chi connectivity index (χ2n) is 6.97. The molecule has 1 aliphatic heterocycles. The SMILES string of the molecule is Cn1cc(-c2cccc(N3CCc4cc(Br)ccc4S3(=O)=O)c2CO)nc(N)c1=O. The van der Waals surface area contributed by atoms with Crippen LogP contribution < -0.4 is 15.6 Å². The molecule has 3 aromatic rings. The summed E-state index contributed by atoms with van der Waals surface area (Å²) in [4.78, 5) is 16.3. The van der Waals surface area contributed by atoms with Crippen LogP contribution in [0.1, 0.15) is 11.1 Å². The summed E-state index contributed by atoms with van der Waals surface area (Å²) in [5, 5.41) is 10.1. The van der Waals surface area contributed by atoms with Crippen LogP contribution in [0.2, 0.25) is 0 Å². The van der Waals surface area contributed by atoms with Gasteiger partial charge in [0.05, 0.1) is 22.9 Å². The van der Waals surface area contributed by atoms with Gasteiger partial charge in [-0.15, -0.1) is 0 Å². The number of aromatic nitrogens is 2. The molecule has 0 saturated carbocycles. The minimum Gasteiger partial charge on any atom is -0.392 e. The Hall–Kier alpha value is -2.69. The van der Waals surface area contributed by atoms with Gasteiger partial charge in [0.25, 0.3) is 15.6 Å². The van der Waals surface area contributed by atoms with Gasteiger partial charge in [0, 0.05) is 35.4 Å². The second kappa shape index (κ2) is 7.53. The fourth-order valence-electron chi connectivity index (χ4n) is 3.68. The molecule has 1 aromatic heterocycles. The van der Waals surface area contributed by atoms with Crippen molar-refractivity contribution in [2.45, 2.75) is 17.9 Å². The van der Waals surface area contributed by atoms with Gasteiger partial charge in [-0.05, 0) is 36.2 Å². The molecule has 2 heterocycles. The van der Waals surface area contributed by atoms with E-state index in [0.29, 0.717) is 28.9 Å². The first-order chi connectivity index (χ1) is 14.2. The lowest BCUT2D eigenvalue weighted by Gasteiger charge is -2.32. The maximum Gasteiger partial charge on any atom is 0.292 e. The Kier molecular flexibility index (Phi) is 5.16. The molecule has 0 saturated heterocycles. The molecule has 0 bridgehead atoms. The van der Waals surface area contributed by atoms with Crippen molar-refractivity contribution in [1.82, 2.24) is 9.55 Å². The fraction of sp³-hybridized carbons (Fsp3) is 0.200. The lowest BCUT2D eigenvalue weighted by atomic mass is 10.0. The number of nitrogens with zero attached hydrogens (tertiary/aromatic N) is 3. The molecule has 0 unspecified atom stereocenters. The zero-order chi connectivity index (χ0) is 21.6. The third-order valence-electron chi connectivity index (χ3n) is 5.13. The predicted octanol–water partition coefficient (Wildman–Crippen LogP) is 2.04. The highest BCUT2D eigenvalue weighted by Crippen LogP contribution is 2.37. The van der Waals surface area contributed by atoms with Crippen LogP contribution in [-0.4, -0.2) is 29.6 Å². The monoisotopic (exact) mass is 490 g/mol. The first-order valence-electron chi connectivity index (χ1n) is 9.11. The summed E-state index contributed by atoms with van der Waals surface area (Å²) >= 11 is 3.38. The van der Waals surface area contributed by atoms with Crippen LogP contribution in [0.25, 0.3) is 11.3 Å². The largest absolute Gasteiger partial charge is 0.392 e. The number of nitrogens with two attached hydrogens (primary N) is 1. The Bertz CT molecular complexity index is 1290. The van der Waals surface area contributed by atoms with Crippen molar-refractivity contribution in [3.8, 4) is 11.3 Å². The van der Waals surface area contributed by atoms with Gasteiger partial charge in [0.1, 0.15) is 0 Å². The smallest absolute Gasteiger partial charge is 0.292 e. The van der Waals surface area contributed by atoms with E-state index < -0.39 is 22.2 Å². The van der Waals surface area contributed by atoms with Crippen LogP contribution in [0.5, 0.6) is 0 Å². The van der Waals surface area contributed by atoms with Crippen LogP contribution in [0.3, 0.4) is 0 Å². The number of halogens is 1. The lowest BCUT2D eigenvalue weighted by Crippen LogP contribution is -2.38. The topological polar surface area (TPSA) is 119 Å². The molecule has 1 aliphatic rings. The van der Waals surface area contributed by atoms with E-state index in [9.17, 15) is 18.3 Å². The predicted molar refractivity (Wildman–Crippen MR) is 118 cm³/mol. The number of rotatable bonds is 3. The second-order valence-corrected chi connectivity index (χ2v) is 9.71. The number of aliphatic hydroxyl groups is 1. The molecule has 0 radical (unpaired) electrons. The number of hydrogen-bond donors (Lipinski definition) is 2. The van der Waals surface area contributed by atoms with Crippen molar-refractivity contribution in [3.63, 3.8) is 0 Å². The van der Waals surface area contributed by atoms with Gasteiger partial charge in [-0.25, -0.2) is 13.4 Å². The molecule has 0 atom stereocenters. The van der Waals surface area contributed by atoms with Gasteiger partial charge in [-0.2, -0.15) is 0 Å². The van der Waals surface area contributed by atoms with Crippen LogP contribution >= 0.6 is 15.9 Å². The van der Waals surface area contributed by atoms with Gasteiger partial charge in [0.2, 0.25) is 0 Å². The molecule has 2 aromatic carbocycles. The van der Waals surface area contributed by atoms with Gasteiger partial charge < -0.3 is 15.4 Å². The maximum atomic E-state index is 13.3. The summed E-state index contributed by atoms with van der Waals surface area (Å²) in [7, 11) is -2.25. The normalized spacial score (nSPS) is 15.1. The van der Waals surface area contributed by atoms with E-state index in [1.165, 1.54) is 15.1 Å². The minimum absolute atomic E-state index is 0.172. The van der Waals surface area contributed by atoms with E-state index in [4.69, 9.17) is 5.73 Å². The zero-order valence-electron chi connectivity index (χ0n) is 16.0. The molecule has 10 heteroatoms. The molecule has 156 valence electrons. The highest BCUT2D eigenvalue weighted by Gasteiger charge is 2.33. The van der Waals surface area contributed by atoms with Crippen molar-refractivity contribution < 1.29 is 13.5 Å². The van der Waals surface area contributed by atoms with E-state index in [1.54, 1.807) is 37.4 Å². The van der Waals surface area contributed by atoms with Crippen molar-refractivity contribution in [3.05, 3.63) is 68.5 Å². The van der Waals surface area contributed by atoms with Crippen LogP contribution in [0, 0.1) is 0 Å². The number of nitrogen functional groups attached to an aromatic ring is 1. The molecular weight excluding hydrogens is 472 g/mol. The zero-order valence-corrected chi connectivity index (χ0v) is 18.4. The highest BCUT2D eigenvalue weighted by atomic mass is 79.9. The molecule has 0 amide bonds. The Morgan fingerprint density at radius 1 is 1.27 bits per heavy atom.